The van der Waals surface area contributed by atoms with Crippen molar-refractivity contribution < 1.29 is 42.1 Å². The second-order valence-corrected chi connectivity index (χ2v) is 9.33. The Morgan fingerprint density at radius 1 is 0.946 bits per heavy atom. The van der Waals surface area contributed by atoms with E-state index in [-0.39, 0.29) is 12.2 Å². The summed E-state index contributed by atoms with van der Waals surface area (Å²) in [6.07, 6.45) is -4.86. The molecule has 3 rings (SSSR count). The second-order valence-electron chi connectivity index (χ2n) is 9.33. The summed E-state index contributed by atoms with van der Waals surface area (Å²) in [5, 5.41) is 10.3. The minimum absolute atomic E-state index is 0.0359. The zero-order chi connectivity index (χ0) is 27.5. The van der Waals surface area contributed by atoms with E-state index < -0.39 is 40.6 Å². The van der Waals surface area contributed by atoms with Gasteiger partial charge in [-0.05, 0) is 68.7 Å². The average molecular weight is 517 g/mol. The standard InChI is InChI=1S/C28H27F3O6/c1-16-21(7-6-8-23(16)36-17(2)32)18-9-12-20(13-10-18)35-15-19-11-14-22(28(29,30)31)25(33)24(19)26(34)37-27(3,4)5/h6-14,33H,15H2,1-5H3. The molecule has 9 heteroatoms. The van der Waals surface area contributed by atoms with Crippen molar-refractivity contribution in [1.29, 1.82) is 0 Å². The molecule has 3 aromatic rings. The van der Waals surface area contributed by atoms with Crippen LogP contribution in [0.25, 0.3) is 11.1 Å². The molecule has 0 amide bonds. The van der Waals surface area contributed by atoms with E-state index in [9.17, 15) is 27.9 Å². The van der Waals surface area contributed by atoms with Gasteiger partial charge in [0.05, 0.1) is 5.56 Å². The number of carbonyl (C=O) groups excluding carboxylic acids is 2. The van der Waals surface area contributed by atoms with Crippen LogP contribution in [0.3, 0.4) is 0 Å². The molecule has 0 fully saturated rings. The van der Waals surface area contributed by atoms with E-state index in [1.165, 1.54) is 6.92 Å². The van der Waals surface area contributed by atoms with Gasteiger partial charge in [0, 0.05) is 12.5 Å². The third-order valence-corrected chi connectivity index (χ3v) is 5.27. The lowest BCUT2D eigenvalue weighted by atomic mass is 10.00. The van der Waals surface area contributed by atoms with E-state index in [2.05, 4.69) is 0 Å². The van der Waals surface area contributed by atoms with Gasteiger partial charge in [-0.1, -0.05) is 30.3 Å². The van der Waals surface area contributed by atoms with E-state index in [1.807, 2.05) is 13.0 Å². The number of alkyl halides is 3. The van der Waals surface area contributed by atoms with Crippen molar-refractivity contribution in [3.63, 3.8) is 0 Å². The molecule has 0 saturated carbocycles. The Balaban J connectivity index is 1.87. The maximum Gasteiger partial charge on any atom is 0.419 e. The number of benzene rings is 3. The van der Waals surface area contributed by atoms with Crippen LogP contribution in [0.4, 0.5) is 13.2 Å². The van der Waals surface area contributed by atoms with Crippen molar-refractivity contribution in [3.05, 3.63) is 76.9 Å². The number of aromatic hydroxyl groups is 1. The zero-order valence-electron chi connectivity index (χ0n) is 21.0. The molecule has 0 aliphatic carbocycles. The molecule has 6 nitrogen and oxygen atoms in total. The third-order valence-electron chi connectivity index (χ3n) is 5.27. The molecule has 0 aliphatic heterocycles. The molecule has 0 saturated heterocycles. The molecule has 0 spiro atoms. The monoisotopic (exact) mass is 516 g/mol. The van der Waals surface area contributed by atoms with Gasteiger partial charge in [0.1, 0.15) is 35.0 Å². The number of halogens is 3. The van der Waals surface area contributed by atoms with Crippen LogP contribution in [0.1, 0.15) is 54.7 Å². The van der Waals surface area contributed by atoms with Gasteiger partial charge in [0.15, 0.2) is 0 Å². The molecular weight excluding hydrogens is 489 g/mol. The normalized spacial score (nSPS) is 11.7. The van der Waals surface area contributed by atoms with E-state index >= 15 is 0 Å². The lowest BCUT2D eigenvalue weighted by molar-refractivity contribution is -0.138. The number of hydrogen-bond acceptors (Lipinski definition) is 6. The molecule has 0 radical (unpaired) electrons. The summed E-state index contributed by atoms with van der Waals surface area (Å²) >= 11 is 0. The van der Waals surface area contributed by atoms with Crippen LogP contribution in [-0.4, -0.2) is 22.6 Å². The van der Waals surface area contributed by atoms with Gasteiger partial charge in [-0.25, -0.2) is 4.79 Å². The smallest absolute Gasteiger partial charge is 0.419 e. The number of rotatable bonds is 6. The van der Waals surface area contributed by atoms with Gasteiger partial charge < -0.3 is 19.3 Å². The summed E-state index contributed by atoms with van der Waals surface area (Å²) in [5.74, 6) is -1.90. The predicted molar refractivity (Wildman–Crippen MR) is 131 cm³/mol. The average Bonchev–Trinajstić information content (AvgIpc) is 2.77. The highest BCUT2D eigenvalue weighted by atomic mass is 19.4. The van der Waals surface area contributed by atoms with Crippen LogP contribution in [0.2, 0.25) is 0 Å². The van der Waals surface area contributed by atoms with Crippen molar-refractivity contribution in [2.45, 2.75) is 53.0 Å². The number of esters is 2. The van der Waals surface area contributed by atoms with Crippen LogP contribution in [0.15, 0.2) is 54.6 Å². The first-order chi connectivity index (χ1) is 17.2. The van der Waals surface area contributed by atoms with E-state index in [0.717, 1.165) is 22.8 Å². The molecule has 0 heterocycles. The first-order valence-corrected chi connectivity index (χ1v) is 11.3. The molecule has 0 aromatic heterocycles. The predicted octanol–water partition coefficient (Wildman–Crippen LogP) is 6.85. The highest BCUT2D eigenvalue weighted by molar-refractivity contribution is 5.95. The lowest BCUT2D eigenvalue weighted by Crippen LogP contribution is -2.25. The summed E-state index contributed by atoms with van der Waals surface area (Å²) in [7, 11) is 0. The van der Waals surface area contributed by atoms with Crippen LogP contribution in [0, 0.1) is 6.92 Å². The summed E-state index contributed by atoms with van der Waals surface area (Å²) in [6.45, 7) is 7.56. The molecule has 0 atom stereocenters. The van der Waals surface area contributed by atoms with Crippen LogP contribution in [0.5, 0.6) is 17.2 Å². The molecule has 0 unspecified atom stereocenters. The van der Waals surface area contributed by atoms with Crippen LogP contribution in [-0.2, 0) is 22.3 Å². The van der Waals surface area contributed by atoms with E-state index in [0.29, 0.717) is 17.6 Å². The fourth-order valence-electron chi connectivity index (χ4n) is 3.62. The minimum Gasteiger partial charge on any atom is -0.506 e. The molecule has 0 bridgehead atoms. The SMILES string of the molecule is CC(=O)Oc1cccc(-c2ccc(OCc3ccc(C(F)(F)F)c(O)c3C(=O)OC(C)(C)C)cc2)c1C. The summed E-state index contributed by atoms with van der Waals surface area (Å²) in [6, 6.07) is 14.0. The highest BCUT2D eigenvalue weighted by Gasteiger charge is 2.37. The maximum atomic E-state index is 13.3. The van der Waals surface area contributed by atoms with Crippen molar-refractivity contribution in [2.75, 3.05) is 0 Å². The number of phenolic OH excluding ortho intramolecular Hbond substituents is 1. The molecule has 196 valence electrons. The zero-order valence-corrected chi connectivity index (χ0v) is 21.0. The summed E-state index contributed by atoms with van der Waals surface area (Å²) in [4.78, 5) is 24.0. The molecule has 1 N–H and O–H groups in total. The molecular formula is C28H27F3O6. The van der Waals surface area contributed by atoms with Crippen LogP contribution >= 0.6 is 0 Å². The van der Waals surface area contributed by atoms with Crippen molar-refractivity contribution in [2.24, 2.45) is 0 Å². The first kappa shape index (κ1) is 27.6. The van der Waals surface area contributed by atoms with Gasteiger partial charge in [-0.3, -0.25) is 4.79 Å². The molecule has 3 aromatic carbocycles. The van der Waals surface area contributed by atoms with Gasteiger partial charge >= 0.3 is 18.1 Å². The van der Waals surface area contributed by atoms with Gasteiger partial charge in [0.2, 0.25) is 0 Å². The highest BCUT2D eigenvalue weighted by Crippen LogP contribution is 2.40. The Kier molecular flexibility index (Phi) is 7.86. The Labute approximate surface area is 212 Å². The Morgan fingerprint density at radius 3 is 2.16 bits per heavy atom. The molecule has 37 heavy (non-hydrogen) atoms. The van der Waals surface area contributed by atoms with Gasteiger partial charge in [0.25, 0.3) is 0 Å². The number of hydrogen-bond donors (Lipinski definition) is 1. The van der Waals surface area contributed by atoms with E-state index in [4.69, 9.17) is 14.2 Å². The fraction of sp³-hybridized carbons (Fsp3) is 0.286. The van der Waals surface area contributed by atoms with Crippen LogP contribution < -0.4 is 9.47 Å². The Bertz CT molecular complexity index is 1310. The van der Waals surface area contributed by atoms with Crippen molar-refractivity contribution in [1.82, 2.24) is 0 Å². The second kappa shape index (κ2) is 10.5. The quantitative estimate of drug-likeness (QED) is 0.285. The van der Waals surface area contributed by atoms with Gasteiger partial charge in [-0.2, -0.15) is 13.2 Å². The first-order valence-electron chi connectivity index (χ1n) is 11.3. The largest absolute Gasteiger partial charge is 0.506 e. The topological polar surface area (TPSA) is 82.1 Å². The third kappa shape index (κ3) is 6.81. The Hall–Kier alpha value is -4.01. The number of phenols is 1. The van der Waals surface area contributed by atoms with Crippen molar-refractivity contribution in [3.8, 4) is 28.4 Å². The lowest BCUT2D eigenvalue weighted by Gasteiger charge is -2.22. The number of ether oxygens (including phenoxy) is 3. The minimum atomic E-state index is -4.86. The summed E-state index contributed by atoms with van der Waals surface area (Å²) in [5.41, 5.74) is -0.462. The van der Waals surface area contributed by atoms with E-state index in [1.54, 1.807) is 57.2 Å². The Morgan fingerprint density at radius 2 is 1.59 bits per heavy atom. The maximum absolute atomic E-state index is 13.3. The van der Waals surface area contributed by atoms with Crippen molar-refractivity contribution >= 4 is 11.9 Å². The fourth-order valence-corrected chi connectivity index (χ4v) is 3.62. The summed E-state index contributed by atoms with van der Waals surface area (Å²) < 4.78 is 56.2. The van der Waals surface area contributed by atoms with Gasteiger partial charge in [-0.15, -0.1) is 0 Å². The molecule has 0 aliphatic rings. The number of carbonyl (C=O) groups is 2.